The highest BCUT2D eigenvalue weighted by Crippen LogP contribution is 2.18. The summed E-state index contributed by atoms with van der Waals surface area (Å²) in [6.45, 7) is 4.63. The number of nitro groups is 1. The van der Waals surface area contributed by atoms with Crippen LogP contribution in [0.3, 0.4) is 0 Å². The molecular formula is C16H21N3O6. The Morgan fingerprint density at radius 2 is 1.96 bits per heavy atom. The summed E-state index contributed by atoms with van der Waals surface area (Å²) >= 11 is 0. The summed E-state index contributed by atoms with van der Waals surface area (Å²) in [5, 5.41) is 24.6. The third-order valence-electron chi connectivity index (χ3n) is 3.86. The van der Waals surface area contributed by atoms with Crippen molar-refractivity contribution in [3.8, 4) is 0 Å². The van der Waals surface area contributed by atoms with Crippen molar-refractivity contribution in [1.29, 1.82) is 0 Å². The van der Waals surface area contributed by atoms with Crippen molar-refractivity contribution >= 4 is 23.5 Å². The molecule has 2 unspecified atom stereocenters. The predicted octanol–water partition coefficient (Wildman–Crippen LogP) is 1.25. The maximum absolute atomic E-state index is 12.0. The molecule has 0 saturated carbocycles. The third-order valence-corrected chi connectivity index (χ3v) is 3.86. The Hall–Kier alpha value is -2.97. The van der Waals surface area contributed by atoms with Crippen LogP contribution in [0.1, 0.15) is 36.2 Å². The van der Waals surface area contributed by atoms with E-state index >= 15 is 0 Å². The predicted molar refractivity (Wildman–Crippen MR) is 89.2 cm³/mol. The topological polar surface area (TPSA) is 139 Å². The quantitative estimate of drug-likeness (QED) is 0.476. The molecule has 0 aliphatic carbocycles. The largest absolute Gasteiger partial charge is 0.480 e. The molecule has 3 N–H and O–H groups in total. The fourth-order valence-corrected chi connectivity index (χ4v) is 2.17. The van der Waals surface area contributed by atoms with Crippen LogP contribution in [0, 0.1) is 23.0 Å². The Balaban J connectivity index is 2.66. The van der Waals surface area contributed by atoms with Gasteiger partial charge in [-0.25, -0.2) is 4.79 Å². The van der Waals surface area contributed by atoms with Gasteiger partial charge in [0.05, 0.1) is 11.5 Å². The van der Waals surface area contributed by atoms with Gasteiger partial charge in [-0.1, -0.05) is 20.3 Å². The molecule has 9 nitrogen and oxygen atoms in total. The van der Waals surface area contributed by atoms with Gasteiger partial charge in [-0.15, -0.1) is 0 Å². The van der Waals surface area contributed by atoms with E-state index in [0.29, 0.717) is 12.0 Å². The number of benzene rings is 1. The number of rotatable bonds is 8. The number of hydrogen-bond acceptors (Lipinski definition) is 5. The molecule has 1 aromatic rings. The fraction of sp³-hybridized carbons (Fsp3) is 0.438. The van der Waals surface area contributed by atoms with Crippen molar-refractivity contribution in [2.45, 2.75) is 33.2 Å². The monoisotopic (exact) mass is 351 g/mol. The second-order valence-corrected chi connectivity index (χ2v) is 5.71. The lowest BCUT2D eigenvalue weighted by atomic mass is 9.99. The first-order chi connectivity index (χ1) is 11.7. The van der Waals surface area contributed by atoms with E-state index in [4.69, 9.17) is 5.11 Å². The van der Waals surface area contributed by atoms with E-state index in [0.717, 1.165) is 0 Å². The van der Waals surface area contributed by atoms with Gasteiger partial charge in [-0.2, -0.15) is 0 Å². The zero-order valence-electron chi connectivity index (χ0n) is 14.2. The molecule has 0 aliphatic heterocycles. The van der Waals surface area contributed by atoms with E-state index in [2.05, 4.69) is 10.6 Å². The number of carboxylic acids is 1. The van der Waals surface area contributed by atoms with Crippen LogP contribution in [0.25, 0.3) is 0 Å². The number of nitrogens with one attached hydrogen (secondary N) is 2. The van der Waals surface area contributed by atoms with Gasteiger partial charge in [-0.05, 0) is 25.0 Å². The maximum Gasteiger partial charge on any atom is 0.326 e. The number of carbonyl (C=O) groups excluding carboxylic acids is 2. The van der Waals surface area contributed by atoms with Crippen molar-refractivity contribution in [1.82, 2.24) is 10.6 Å². The summed E-state index contributed by atoms with van der Waals surface area (Å²) in [7, 11) is 0. The Labute approximate surface area is 144 Å². The van der Waals surface area contributed by atoms with Crippen molar-refractivity contribution in [3.63, 3.8) is 0 Å². The van der Waals surface area contributed by atoms with E-state index in [1.54, 1.807) is 6.92 Å². The molecular weight excluding hydrogens is 330 g/mol. The zero-order valence-corrected chi connectivity index (χ0v) is 14.2. The Morgan fingerprint density at radius 1 is 1.32 bits per heavy atom. The van der Waals surface area contributed by atoms with E-state index in [-0.39, 0.29) is 17.2 Å². The van der Waals surface area contributed by atoms with Crippen molar-refractivity contribution in [2.75, 3.05) is 6.54 Å². The van der Waals surface area contributed by atoms with Gasteiger partial charge in [0.1, 0.15) is 6.04 Å². The molecule has 136 valence electrons. The average molecular weight is 351 g/mol. The second-order valence-electron chi connectivity index (χ2n) is 5.71. The van der Waals surface area contributed by atoms with Crippen molar-refractivity contribution in [2.24, 2.45) is 5.92 Å². The summed E-state index contributed by atoms with van der Waals surface area (Å²) in [5.74, 6) is -2.60. The lowest BCUT2D eigenvalue weighted by molar-refractivity contribution is -0.385. The SMILES string of the molecule is CCC(C)C(NC(=O)CNC(=O)c1ccc([N+](=O)[O-])c(C)c1)C(=O)O. The van der Waals surface area contributed by atoms with E-state index in [1.807, 2.05) is 6.92 Å². The molecule has 0 saturated heterocycles. The van der Waals surface area contributed by atoms with Crippen molar-refractivity contribution < 1.29 is 24.4 Å². The van der Waals surface area contributed by atoms with Gasteiger partial charge in [-0.3, -0.25) is 19.7 Å². The Morgan fingerprint density at radius 3 is 2.44 bits per heavy atom. The minimum Gasteiger partial charge on any atom is -0.480 e. The minimum absolute atomic E-state index is 0.104. The molecule has 9 heteroatoms. The van der Waals surface area contributed by atoms with Gasteiger partial charge in [0.25, 0.3) is 11.6 Å². The molecule has 0 aliphatic rings. The number of hydrogen-bond donors (Lipinski definition) is 3. The van der Waals surface area contributed by atoms with E-state index in [9.17, 15) is 24.5 Å². The number of aliphatic carboxylic acids is 1. The molecule has 0 aromatic heterocycles. The van der Waals surface area contributed by atoms with Crippen LogP contribution in [-0.2, 0) is 9.59 Å². The van der Waals surface area contributed by atoms with E-state index in [1.165, 1.54) is 25.1 Å². The Kier molecular flexibility index (Phi) is 7.04. The first kappa shape index (κ1) is 20.1. The number of carboxylic acid groups (broad SMARTS) is 1. The maximum atomic E-state index is 12.0. The fourth-order valence-electron chi connectivity index (χ4n) is 2.17. The summed E-state index contributed by atoms with van der Waals surface area (Å²) in [4.78, 5) is 45.2. The lowest BCUT2D eigenvalue weighted by Crippen LogP contribution is -2.48. The van der Waals surface area contributed by atoms with Gasteiger partial charge >= 0.3 is 5.97 Å². The van der Waals surface area contributed by atoms with Gasteiger partial charge in [0.2, 0.25) is 5.91 Å². The molecule has 2 atom stereocenters. The highest BCUT2D eigenvalue weighted by Gasteiger charge is 2.25. The summed E-state index contributed by atoms with van der Waals surface area (Å²) < 4.78 is 0. The molecule has 25 heavy (non-hydrogen) atoms. The molecule has 0 fully saturated rings. The van der Waals surface area contributed by atoms with Crippen LogP contribution >= 0.6 is 0 Å². The molecule has 0 bridgehead atoms. The number of aryl methyl sites for hydroxylation is 1. The van der Waals surface area contributed by atoms with Gasteiger partial charge in [0.15, 0.2) is 0 Å². The highest BCUT2D eigenvalue weighted by molar-refractivity contribution is 5.97. The first-order valence-electron chi connectivity index (χ1n) is 7.72. The zero-order chi connectivity index (χ0) is 19.1. The molecule has 2 amide bonds. The lowest BCUT2D eigenvalue weighted by Gasteiger charge is -2.20. The molecule has 0 heterocycles. The van der Waals surface area contributed by atoms with Crippen LogP contribution in [-0.4, -0.2) is 40.4 Å². The average Bonchev–Trinajstić information content (AvgIpc) is 2.56. The molecule has 1 rings (SSSR count). The number of nitrogens with zero attached hydrogens (tertiary/aromatic N) is 1. The van der Waals surface area contributed by atoms with Crippen LogP contribution in [0.5, 0.6) is 0 Å². The standard InChI is InChI=1S/C16H21N3O6/c1-4-9(2)14(16(22)23)18-13(20)8-17-15(21)11-5-6-12(19(24)25)10(3)7-11/h5-7,9,14H,4,8H2,1-3H3,(H,17,21)(H,18,20)(H,22,23). The number of carbonyl (C=O) groups is 3. The van der Waals surface area contributed by atoms with Crippen molar-refractivity contribution in [3.05, 3.63) is 39.4 Å². The summed E-state index contributed by atoms with van der Waals surface area (Å²) in [6, 6.07) is 2.83. The van der Waals surface area contributed by atoms with E-state index < -0.39 is 35.3 Å². The summed E-state index contributed by atoms with van der Waals surface area (Å²) in [6.07, 6.45) is 0.575. The normalized spacial score (nSPS) is 12.8. The summed E-state index contributed by atoms with van der Waals surface area (Å²) in [5.41, 5.74) is 0.393. The smallest absolute Gasteiger partial charge is 0.326 e. The Bertz CT molecular complexity index is 688. The van der Waals surface area contributed by atoms with Gasteiger partial charge < -0.3 is 15.7 Å². The van der Waals surface area contributed by atoms with Crippen LogP contribution in [0.4, 0.5) is 5.69 Å². The third kappa shape index (κ3) is 5.55. The molecule has 1 aromatic carbocycles. The van der Waals surface area contributed by atoms with Gasteiger partial charge in [0, 0.05) is 17.2 Å². The minimum atomic E-state index is -1.14. The molecule has 0 radical (unpaired) electrons. The first-order valence-corrected chi connectivity index (χ1v) is 7.72. The molecule has 0 spiro atoms. The van der Waals surface area contributed by atoms with Crippen LogP contribution < -0.4 is 10.6 Å². The second kappa shape index (κ2) is 8.76. The number of amides is 2. The highest BCUT2D eigenvalue weighted by atomic mass is 16.6. The van der Waals surface area contributed by atoms with Crippen LogP contribution in [0.15, 0.2) is 18.2 Å². The number of nitro benzene ring substituents is 1. The van der Waals surface area contributed by atoms with Crippen LogP contribution in [0.2, 0.25) is 0 Å².